The van der Waals surface area contributed by atoms with Crippen LogP contribution in [0.3, 0.4) is 0 Å². The normalized spacial score (nSPS) is 14.0. The zero-order valence-corrected chi connectivity index (χ0v) is 17.1. The fourth-order valence-corrected chi connectivity index (χ4v) is 4.81. The number of halogens is 2. The maximum atomic E-state index is 14.4. The topological polar surface area (TPSA) is 77.5 Å². The summed E-state index contributed by atoms with van der Waals surface area (Å²) in [5.74, 6) is -0.776. The molecule has 2 aromatic rings. The summed E-state index contributed by atoms with van der Waals surface area (Å²) in [6, 6.07) is 12.5. The standard InChI is InChI=1S/C19H22F2O5S2/c1-15-8-10-18(11-9-15)28(24,25)26-13-12-16(2)14-19(20,21)27(22,23)17-6-4-3-5-7-17/h3-11,16H,12-14H2,1-2H3. The van der Waals surface area contributed by atoms with E-state index >= 15 is 0 Å². The van der Waals surface area contributed by atoms with Gasteiger partial charge < -0.3 is 0 Å². The highest BCUT2D eigenvalue weighted by Crippen LogP contribution is 2.35. The van der Waals surface area contributed by atoms with Gasteiger partial charge in [0.1, 0.15) is 0 Å². The molecule has 28 heavy (non-hydrogen) atoms. The highest BCUT2D eigenvalue weighted by molar-refractivity contribution is 7.92. The Balaban J connectivity index is 1.96. The largest absolute Gasteiger partial charge is 0.350 e. The van der Waals surface area contributed by atoms with Gasteiger partial charge in [-0.2, -0.15) is 17.2 Å². The van der Waals surface area contributed by atoms with Crippen molar-refractivity contribution in [2.45, 2.75) is 41.7 Å². The van der Waals surface area contributed by atoms with Gasteiger partial charge >= 0.3 is 5.25 Å². The second-order valence-corrected chi connectivity index (χ2v) is 10.3. The first-order valence-corrected chi connectivity index (χ1v) is 11.5. The molecule has 1 atom stereocenters. The summed E-state index contributed by atoms with van der Waals surface area (Å²) in [6.45, 7) is 2.91. The summed E-state index contributed by atoms with van der Waals surface area (Å²) in [6.07, 6.45) is -0.969. The van der Waals surface area contributed by atoms with Crippen LogP contribution in [-0.4, -0.2) is 28.7 Å². The Labute approximate surface area is 164 Å². The summed E-state index contributed by atoms with van der Waals surface area (Å²) in [5.41, 5.74) is 0.884. The van der Waals surface area contributed by atoms with Gasteiger partial charge in [0.05, 0.1) is 16.4 Å². The van der Waals surface area contributed by atoms with Crippen LogP contribution in [0.4, 0.5) is 8.78 Å². The molecule has 0 fully saturated rings. The van der Waals surface area contributed by atoms with Crippen molar-refractivity contribution in [2.24, 2.45) is 5.92 Å². The van der Waals surface area contributed by atoms with Crippen LogP contribution in [0, 0.1) is 12.8 Å². The van der Waals surface area contributed by atoms with Gasteiger partial charge in [-0.1, -0.05) is 42.8 Å². The molecule has 154 valence electrons. The molecule has 0 saturated heterocycles. The van der Waals surface area contributed by atoms with Crippen molar-refractivity contribution in [3.05, 3.63) is 60.2 Å². The number of hydrogen-bond donors (Lipinski definition) is 0. The Morgan fingerprint density at radius 1 is 0.929 bits per heavy atom. The quantitative estimate of drug-likeness (QED) is 0.556. The SMILES string of the molecule is Cc1ccc(S(=O)(=O)OCCC(C)CC(F)(F)S(=O)(=O)c2ccccc2)cc1. The molecule has 0 aliphatic carbocycles. The van der Waals surface area contributed by atoms with Crippen LogP contribution >= 0.6 is 0 Å². The highest BCUT2D eigenvalue weighted by Gasteiger charge is 2.46. The van der Waals surface area contributed by atoms with E-state index in [0.717, 1.165) is 17.7 Å². The Bertz CT molecular complexity index is 986. The van der Waals surface area contributed by atoms with E-state index in [0.29, 0.717) is 0 Å². The monoisotopic (exact) mass is 432 g/mol. The number of aryl methyl sites for hydroxylation is 1. The molecule has 2 aromatic carbocycles. The molecular weight excluding hydrogens is 410 g/mol. The minimum absolute atomic E-state index is 0.0252. The van der Waals surface area contributed by atoms with Gasteiger partial charge in [0, 0.05) is 6.42 Å². The van der Waals surface area contributed by atoms with E-state index in [1.165, 1.54) is 37.3 Å². The summed E-state index contributed by atoms with van der Waals surface area (Å²) >= 11 is 0. The molecule has 0 bridgehead atoms. The third-order valence-electron chi connectivity index (χ3n) is 4.19. The van der Waals surface area contributed by atoms with Crippen LogP contribution < -0.4 is 0 Å². The van der Waals surface area contributed by atoms with Crippen LogP contribution in [0.15, 0.2) is 64.4 Å². The summed E-state index contributed by atoms with van der Waals surface area (Å²) in [7, 11) is -8.82. The molecule has 1 unspecified atom stereocenters. The molecule has 0 heterocycles. The van der Waals surface area contributed by atoms with Crippen LogP contribution in [0.1, 0.15) is 25.3 Å². The lowest BCUT2D eigenvalue weighted by molar-refractivity contribution is 0.0616. The average Bonchev–Trinajstić information content (AvgIpc) is 2.62. The number of alkyl halides is 2. The molecule has 0 N–H and O–H groups in total. The van der Waals surface area contributed by atoms with Gasteiger partial charge in [-0.15, -0.1) is 0 Å². The van der Waals surface area contributed by atoms with Crippen LogP contribution in [0.2, 0.25) is 0 Å². The lowest BCUT2D eigenvalue weighted by Gasteiger charge is -2.21. The number of sulfone groups is 1. The second kappa shape index (κ2) is 8.67. The zero-order chi connectivity index (χ0) is 21.0. The summed E-state index contributed by atoms with van der Waals surface area (Å²) < 4.78 is 82.1. The predicted molar refractivity (Wildman–Crippen MR) is 101 cm³/mol. The highest BCUT2D eigenvalue weighted by atomic mass is 32.2. The van der Waals surface area contributed by atoms with Crippen molar-refractivity contribution in [1.82, 2.24) is 0 Å². The van der Waals surface area contributed by atoms with Crippen molar-refractivity contribution in [3.8, 4) is 0 Å². The smallest absolute Gasteiger partial charge is 0.266 e. The van der Waals surface area contributed by atoms with Crippen molar-refractivity contribution in [1.29, 1.82) is 0 Å². The molecule has 0 aromatic heterocycles. The maximum Gasteiger partial charge on any atom is 0.350 e. The lowest BCUT2D eigenvalue weighted by Crippen LogP contribution is -2.31. The van der Waals surface area contributed by atoms with E-state index in [1.54, 1.807) is 12.1 Å². The van der Waals surface area contributed by atoms with Gasteiger partial charge in [-0.25, -0.2) is 8.42 Å². The van der Waals surface area contributed by atoms with Crippen molar-refractivity contribution in [3.63, 3.8) is 0 Å². The minimum atomic E-state index is -4.83. The Morgan fingerprint density at radius 3 is 2.07 bits per heavy atom. The molecule has 0 saturated carbocycles. The molecule has 9 heteroatoms. The van der Waals surface area contributed by atoms with E-state index in [1.807, 2.05) is 6.92 Å². The van der Waals surface area contributed by atoms with Gasteiger partial charge in [-0.05, 0) is 43.5 Å². The molecule has 0 spiro atoms. The van der Waals surface area contributed by atoms with E-state index in [-0.39, 0.29) is 17.9 Å². The van der Waals surface area contributed by atoms with Gasteiger partial charge in [0.25, 0.3) is 10.1 Å². The fourth-order valence-electron chi connectivity index (χ4n) is 2.52. The Kier molecular flexibility index (Phi) is 6.95. The van der Waals surface area contributed by atoms with Crippen LogP contribution in [-0.2, 0) is 24.1 Å². The van der Waals surface area contributed by atoms with Crippen molar-refractivity contribution >= 4 is 20.0 Å². The first kappa shape index (κ1) is 22.4. The van der Waals surface area contributed by atoms with Gasteiger partial charge in [0.2, 0.25) is 9.84 Å². The van der Waals surface area contributed by atoms with E-state index in [4.69, 9.17) is 4.18 Å². The lowest BCUT2D eigenvalue weighted by atomic mass is 10.1. The maximum absolute atomic E-state index is 14.4. The number of rotatable bonds is 9. The summed E-state index contributed by atoms with van der Waals surface area (Å²) in [5, 5.41) is -3.97. The zero-order valence-electron chi connectivity index (χ0n) is 15.5. The van der Waals surface area contributed by atoms with Crippen LogP contribution in [0.25, 0.3) is 0 Å². The first-order chi connectivity index (χ1) is 13.0. The fraction of sp³-hybridized carbons (Fsp3) is 0.368. The Morgan fingerprint density at radius 2 is 1.50 bits per heavy atom. The molecule has 0 aliphatic heterocycles. The van der Waals surface area contributed by atoms with E-state index in [2.05, 4.69) is 0 Å². The van der Waals surface area contributed by atoms with Gasteiger partial charge in [0.15, 0.2) is 0 Å². The molecule has 0 radical (unpaired) electrons. The molecule has 0 amide bonds. The average molecular weight is 433 g/mol. The first-order valence-electron chi connectivity index (χ1n) is 8.59. The molecule has 2 rings (SSSR count). The summed E-state index contributed by atoms with van der Waals surface area (Å²) in [4.78, 5) is -0.479. The van der Waals surface area contributed by atoms with Crippen molar-refractivity contribution in [2.75, 3.05) is 6.61 Å². The number of hydrogen-bond acceptors (Lipinski definition) is 5. The van der Waals surface area contributed by atoms with Gasteiger partial charge in [-0.3, -0.25) is 4.18 Å². The van der Waals surface area contributed by atoms with E-state index < -0.39 is 42.4 Å². The number of benzene rings is 2. The molecule has 0 aliphatic rings. The third kappa shape index (κ3) is 5.36. The van der Waals surface area contributed by atoms with Crippen molar-refractivity contribution < 1.29 is 29.8 Å². The third-order valence-corrected chi connectivity index (χ3v) is 7.36. The molecular formula is C19H22F2O5S2. The second-order valence-electron chi connectivity index (χ2n) is 6.64. The van der Waals surface area contributed by atoms with Crippen LogP contribution in [0.5, 0.6) is 0 Å². The van der Waals surface area contributed by atoms with E-state index in [9.17, 15) is 25.6 Å². The molecule has 5 nitrogen and oxygen atoms in total. The predicted octanol–water partition coefficient (Wildman–Crippen LogP) is 4.18. The minimum Gasteiger partial charge on any atom is -0.266 e. The Hall–Kier alpha value is -1.84.